The van der Waals surface area contributed by atoms with Crippen molar-refractivity contribution in [1.29, 1.82) is 5.53 Å². The SMILES string of the molecule is N=[N+](N)CN=NN. The Hall–Kier alpha value is -1.20. The average molecular weight is 103 g/mol. The normalized spacial score (nSPS) is 9.71. The minimum Gasteiger partial charge on any atom is -0.305 e. The first kappa shape index (κ1) is 5.80. The number of nitrogens with one attached hydrogen (secondary N) is 1. The predicted octanol–water partition coefficient (Wildman–Crippen LogP) is -0.813. The molecule has 6 nitrogen and oxygen atoms in total. The van der Waals surface area contributed by atoms with Gasteiger partial charge in [0.1, 0.15) is 0 Å². The van der Waals surface area contributed by atoms with E-state index in [9.17, 15) is 0 Å². The Morgan fingerprint density at radius 1 is 1.71 bits per heavy atom. The number of nitrogens with zero attached hydrogens (tertiary/aromatic N) is 3. The van der Waals surface area contributed by atoms with Crippen LogP contribution in [0.25, 0.3) is 0 Å². The highest BCUT2D eigenvalue weighted by Crippen LogP contribution is 1.63. The summed E-state index contributed by atoms with van der Waals surface area (Å²) in [5.74, 6) is 9.34. The van der Waals surface area contributed by atoms with Crippen LogP contribution in [0.15, 0.2) is 10.3 Å². The van der Waals surface area contributed by atoms with Gasteiger partial charge in [0, 0.05) is 4.81 Å². The standard InChI is InChI=1S/CH7N6/c2-6-5-1-7(3)4/h1H2,(H2,2,5)(H3,3,4)/q+1. The minimum atomic E-state index is 0.0104. The maximum atomic E-state index is 6.48. The van der Waals surface area contributed by atoms with Gasteiger partial charge in [0.2, 0.25) is 0 Å². The highest BCUT2D eigenvalue weighted by Gasteiger charge is 1.85. The Labute approximate surface area is 40.3 Å². The van der Waals surface area contributed by atoms with Crippen LogP contribution in [0.3, 0.4) is 0 Å². The summed E-state index contributed by atoms with van der Waals surface area (Å²) < 4.78 is 0. The molecule has 0 radical (unpaired) electrons. The zero-order valence-electron chi connectivity index (χ0n) is 3.70. The summed E-state index contributed by atoms with van der Waals surface area (Å²) in [7, 11) is 0. The molecule has 0 aromatic rings. The van der Waals surface area contributed by atoms with Crippen LogP contribution in [-0.2, 0) is 0 Å². The summed E-state index contributed by atoms with van der Waals surface area (Å²) in [5, 5.41) is 6.05. The Bertz CT molecular complexity index is 82.2. The van der Waals surface area contributed by atoms with Gasteiger partial charge < -0.3 is 5.84 Å². The first-order chi connectivity index (χ1) is 3.27. The highest BCUT2D eigenvalue weighted by molar-refractivity contribution is 4.01. The summed E-state index contributed by atoms with van der Waals surface area (Å²) in [6.45, 7) is 0.0104. The lowest BCUT2D eigenvalue weighted by molar-refractivity contribution is -0.625. The van der Waals surface area contributed by atoms with Crippen LogP contribution in [-0.4, -0.2) is 11.5 Å². The largest absolute Gasteiger partial charge is 0.309 e. The Kier molecular flexibility index (Phi) is 2.49. The van der Waals surface area contributed by atoms with Crippen molar-refractivity contribution in [3.8, 4) is 0 Å². The van der Waals surface area contributed by atoms with Gasteiger partial charge >= 0.3 is 6.67 Å². The molecule has 0 aliphatic rings. The summed E-state index contributed by atoms with van der Waals surface area (Å²) >= 11 is 0. The number of rotatable bonds is 2. The molecule has 0 heterocycles. The molecule has 5 N–H and O–H groups in total. The molecule has 0 aliphatic carbocycles. The van der Waals surface area contributed by atoms with Gasteiger partial charge in [-0.15, -0.1) is 0 Å². The number of hydrogen-bond acceptors (Lipinski definition) is 3. The van der Waals surface area contributed by atoms with Crippen molar-refractivity contribution >= 4 is 0 Å². The van der Waals surface area contributed by atoms with Crippen LogP contribution >= 0.6 is 0 Å². The van der Waals surface area contributed by atoms with E-state index in [1.165, 1.54) is 0 Å². The molecule has 7 heavy (non-hydrogen) atoms. The molecule has 0 aromatic carbocycles. The lowest BCUT2D eigenvalue weighted by Gasteiger charge is -1.75. The van der Waals surface area contributed by atoms with Gasteiger partial charge in [0.15, 0.2) is 0 Å². The van der Waals surface area contributed by atoms with Crippen molar-refractivity contribution in [3.05, 3.63) is 0 Å². The monoisotopic (exact) mass is 103 g/mol. The molecule has 0 spiro atoms. The fraction of sp³-hybridized carbons (Fsp3) is 1.00. The van der Waals surface area contributed by atoms with E-state index in [-0.39, 0.29) is 6.67 Å². The van der Waals surface area contributed by atoms with Crippen molar-refractivity contribution in [1.82, 2.24) is 0 Å². The summed E-state index contributed by atoms with van der Waals surface area (Å²) in [4.78, 5) is 0.621. The molecule has 0 bridgehead atoms. The summed E-state index contributed by atoms with van der Waals surface area (Å²) in [5.41, 5.74) is 6.48. The van der Waals surface area contributed by atoms with E-state index in [0.29, 0.717) is 4.81 Å². The van der Waals surface area contributed by atoms with Crippen molar-refractivity contribution in [2.75, 3.05) is 6.67 Å². The summed E-state index contributed by atoms with van der Waals surface area (Å²) in [6, 6.07) is 0. The molecule has 0 saturated heterocycles. The Balaban J connectivity index is 3.14. The average Bonchev–Trinajstić information content (AvgIpc) is 1.61. The molecule has 0 fully saturated rings. The molecular weight excluding hydrogens is 96.1 g/mol. The second-order valence-electron chi connectivity index (χ2n) is 0.868. The number of nitrogens with two attached hydrogens (primary N) is 2. The highest BCUT2D eigenvalue weighted by atomic mass is 15.5. The van der Waals surface area contributed by atoms with E-state index in [1.807, 2.05) is 0 Å². The lowest BCUT2D eigenvalue weighted by atomic mass is 11.2. The minimum absolute atomic E-state index is 0.0104. The molecular formula is CH7N6+. The molecule has 0 amide bonds. The van der Waals surface area contributed by atoms with Crippen molar-refractivity contribution in [2.24, 2.45) is 22.0 Å². The number of hydrazine groups is 1. The first-order valence-electron chi connectivity index (χ1n) is 1.57. The Morgan fingerprint density at radius 3 is 2.43 bits per heavy atom. The van der Waals surface area contributed by atoms with Gasteiger partial charge in [-0.1, -0.05) is 10.3 Å². The van der Waals surface area contributed by atoms with Crippen molar-refractivity contribution < 1.29 is 4.81 Å². The van der Waals surface area contributed by atoms with Crippen LogP contribution in [0.5, 0.6) is 0 Å². The van der Waals surface area contributed by atoms with Gasteiger partial charge in [0.25, 0.3) is 0 Å². The van der Waals surface area contributed by atoms with E-state index in [2.05, 4.69) is 16.2 Å². The molecule has 0 aromatic heterocycles. The first-order valence-corrected chi connectivity index (χ1v) is 1.57. The maximum absolute atomic E-state index is 6.48. The zero-order valence-corrected chi connectivity index (χ0v) is 3.70. The quantitative estimate of drug-likeness (QED) is 0.184. The smallest absolute Gasteiger partial charge is 0.305 e. The second-order valence-corrected chi connectivity index (χ2v) is 0.868. The van der Waals surface area contributed by atoms with E-state index in [0.717, 1.165) is 0 Å². The third kappa shape index (κ3) is 4.80. The third-order valence-corrected chi connectivity index (χ3v) is 0.297. The fourth-order valence-corrected chi connectivity index (χ4v) is 0.105. The van der Waals surface area contributed by atoms with Gasteiger partial charge in [-0.25, -0.2) is 0 Å². The summed E-state index contributed by atoms with van der Waals surface area (Å²) in [6.07, 6.45) is 0. The van der Waals surface area contributed by atoms with E-state index < -0.39 is 0 Å². The van der Waals surface area contributed by atoms with Crippen LogP contribution in [0.4, 0.5) is 0 Å². The van der Waals surface area contributed by atoms with Gasteiger partial charge in [-0.2, -0.15) is 5.84 Å². The Morgan fingerprint density at radius 2 is 2.29 bits per heavy atom. The van der Waals surface area contributed by atoms with Crippen LogP contribution in [0, 0.1) is 5.53 Å². The van der Waals surface area contributed by atoms with E-state index in [4.69, 9.17) is 11.4 Å². The zero-order chi connectivity index (χ0) is 5.70. The molecule has 0 atom stereocenters. The molecule has 6 heteroatoms. The third-order valence-electron chi connectivity index (χ3n) is 0.297. The molecule has 40 valence electrons. The van der Waals surface area contributed by atoms with Gasteiger partial charge in [-0.3, -0.25) is 0 Å². The van der Waals surface area contributed by atoms with Crippen LogP contribution in [0.2, 0.25) is 0 Å². The molecule has 0 aliphatic heterocycles. The lowest BCUT2D eigenvalue weighted by Crippen LogP contribution is -2.15. The van der Waals surface area contributed by atoms with E-state index >= 15 is 0 Å². The van der Waals surface area contributed by atoms with Crippen LogP contribution in [0.1, 0.15) is 0 Å². The van der Waals surface area contributed by atoms with Crippen molar-refractivity contribution in [3.63, 3.8) is 0 Å². The fourth-order valence-electron chi connectivity index (χ4n) is 0.105. The van der Waals surface area contributed by atoms with Gasteiger partial charge in [-0.05, 0) is 5.53 Å². The van der Waals surface area contributed by atoms with E-state index in [1.54, 1.807) is 0 Å². The number of hydrogen-bond donors (Lipinski definition) is 3. The second kappa shape index (κ2) is 3.01. The molecule has 0 saturated carbocycles. The topological polar surface area (TPSA) is 104 Å². The van der Waals surface area contributed by atoms with Crippen molar-refractivity contribution in [2.45, 2.75) is 0 Å². The van der Waals surface area contributed by atoms with Crippen LogP contribution < -0.4 is 11.7 Å². The predicted molar refractivity (Wildman–Crippen MR) is 21.1 cm³/mol. The molecule has 0 unspecified atom stereocenters. The maximum Gasteiger partial charge on any atom is 0.309 e. The molecule has 0 rings (SSSR count). The van der Waals surface area contributed by atoms with Gasteiger partial charge in [0.05, 0.1) is 0 Å².